The van der Waals surface area contributed by atoms with Crippen molar-refractivity contribution in [3.63, 3.8) is 0 Å². The molecule has 3 aromatic carbocycles. The standard InChI is InChI=1S/C43H42FN3O4S/c1-41-22-28-24-45-47(31-16-14-30(44)15-17-31)34(28)21-29(41)13-18-32-33-19-20-43(50,42(33,2)23-35(48)37(32)41)36(49)25-52-40-46-38(26-9-5-3-6-10-26)39(51-40)27-11-7-4-8-12-27/h3-12,14-17,21,24,32-33,35,37,48,50H,13,18-20,22-23,25H2,1-2H3/t32?,33?,35?,37?,41?,42?,43-/m0/s1. The lowest BCUT2D eigenvalue weighted by Gasteiger charge is -2.60. The Hall–Kier alpha value is -4.31. The number of hydrogen-bond acceptors (Lipinski definition) is 7. The molecule has 2 N–H and O–H groups in total. The number of fused-ring (bicyclic) bond motifs is 6. The number of benzene rings is 3. The van der Waals surface area contributed by atoms with E-state index < -0.39 is 17.1 Å². The Morgan fingerprint density at radius 1 is 1.00 bits per heavy atom. The van der Waals surface area contributed by atoms with E-state index in [9.17, 15) is 19.4 Å². The Bertz CT molecular complexity index is 2130. The third-order valence-corrected chi connectivity index (χ3v) is 14.0. The number of hydrogen-bond donors (Lipinski definition) is 2. The SMILES string of the molecule is CC12Cc3cnn(-c4ccc(F)cc4)c3C=C1CCC1C2C(O)CC2(C)C1CC[C@]2(O)C(=O)CSc1nc(-c2ccccc2)c(-c2ccccc2)o1. The van der Waals surface area contributed by atoms with Gasteiger partial charge in [-0.3, -0.25) is 4.79 Å². The first-order valence-corrected chi connectivity index (χ1v) is 19.3. The number of aromatic nitrogens is 3. The lowest BCUT2D eigenvalue weighted by atomic mass is 9.45. The number of rotatable bonds is 7. The summed E-state index contributed by atoms with van der Waals surface area (Å²) in [4.78, 5) is 19.0. The van der Waals surface area contributed by atoms with Gasteiger partial charge in [-0.2, -0.15) is 5.10 Å². The molecule has 4 aliphatic carbocycles. The predicted octanol–water partition coefficient (Wildman–Crippen LogP) is 8.58. The van der Waals surface area contributed by atoms with Gasteiger partial charge < -0.3 is 14.6 Å². The van der Waals surface area contributed by atoms with E-state index in [2.05, 4.69) is 13.0 Å². The summed E-state index contributed by atoms with van der Waals surface area (Å²) in [6, 6.07) is 26.1. The molecule has 7 atom stereocenters. The molecular weight excluding hydrogens is 674 g/mol. The first kappa shape index (κ1) is 33.5. The number of carbonyl (C=O) groups excluding carboxylic acids is 1. The molecule has 9 rings (SSSR count). The van der Waals surface area contributed by atoms with E-state index >= 15 is 0 Å². The zero-order chi connectivity index (χ0) is 35.8. The van der Waals surface area contributed by atoms with Gasteiger partial charge in [-0.15, -0.1) is 0 Å². The summed E-state index contributed by atoms with van der Waals surface area (Å²) < 4.78 is 21.8. The van der Waals surface area contributed by atoms with Crippen LogP contribution in [0.3, 0.4) is 0 Å². The van der Waals surface area contributed by atoms with Crippen LogP contribution in [0.2, 0.25) is 0 Å². The maximum Gasteiger partial charge on any atom is 0.257 e. The van der Waals surface area contributed by atoms with Gasteiger partial charge in [0, 0.05) is 16.5 Å². The van der Waals surface area contributed by atoms with Crippen molar-refractivity contribution in [3.8, 4) is 28.3 Å². The van der Waals surface area contributed by atoms with Gasteiger partial charge in [0.25, 0.3) is 5.22 Å². The van der Waals surface area contributed by atoms with E-state index in [1.54, 1.807) is 12.1 Å². The number of nitrogens with zero attached hydrogens (tertiary/aromatic N) is 3. The Balaban J connectivity index is 0.956. The van der Waals surface area contributed by atoms with Crippen molar-refractivity contribution in [2.45, 2.75) is 69.3 Å². The summed E-state index contributed by atoms with van der Waals surface area (Å²) in [5, 5.41) is 29.6. The molecule has 3 saturated carbocycles. The van der Waals surface area contributed by atoms with Crippen LogP contribution >= 0.6 is 11.8 Å². The number of halogens is 1. The second-order valence-corrected chi connectivity index (χ2v) is 16.7. The number of oxazole rings is 1. The first-order chi connectivity index (χ1) is 25.1. The van der Waals surface area contributed by atoms with Crippen LogP contribution < -0.4 is 0 Å². The number of thioether (sulfide) groups is 1. The minimum absolute atomic E-state index is 0.000132. The summed E-state index contributed by atoms with van der Waals surface area (Å²) in [5.41, 5.74) is 4.22. The molecule has 4 aliphatic rings. The molecule has 266 valence electrons. The minimum atomic E-state index is -1.55. The molecular formula is C43H42FN3O4S. The molecule has 0 saturated heterocycles. The van der Waals surface area contributed by atoms with Crippen LogP contribution in [-0.2, 0) is 11.2 Å². The molecule has 2 aromatic heterocycles. The van der Waals surface area contributed by atoms with Gasteiger partial charge in [-0.05, 0) is 97.6 Å². The van der Waals surface area contributed by atoms with Gasteiger partial charge in [-0.1, -0.05) is 91.8 Å². The predicted molar refractivity (Wildman–Crippen MR) is 199 cm³/mol. The van der Waals surface area contributed by atoms with Crippen molar-refractivity contribution < 1.29 is 23.8 Å². The van der Waals surface area contributed by atoms with Crippen LogP contribution in [0.4, 0.5) is 4.39 Å². The highest BCUT2D eigenvalue weighted by molar-refractivity contribution is 7.99. The molecule has 0 aliphatic heterocycles. The zero-order valence-electron chi connectivity index (χ0n) is 29.3. The minimum Gasteiger partial charge on any atom is -0.431 e. The van der Waals surface area contributed by atoms with Gasteiger partial charge in [0.1, 0.15) is 17.1 Å². The first-order valence-electron chi connectivity index (χ1n) is 18.3. The molecule has 2 heterocycles. The lowest BCUT2D eigenvalue weighted by Crippen LogP contribution is -2.62. The molecule has 0 spiro atoms. The number of allylic oxidation sites excluding steroid dienone is 1. The fourth-order valence-corrected chi connectivity index (χ4v) is 11.4. The Morgan fingerprint density at radius 3 is 2.44 bits per heavy atom. The van der Waals surface area contributed by atoms with Gasteiger partial charge in [0.15, 0.2) is 11.5 Å². The molecule has 52 heavy (non-hydrogen) atoms. The van der Waals surface area contributed by atoms with Gasteiger partial charge in [0.2, 0.25) is 0 Å². The van der Waals surface area contributed by atoms with Crippen LogP contribution in [-0.4, -0.2) is 48.2 Å². The summed E-state index contributed by atoms with van der Waals surface area (Å²) in [5.74, 6) is 0.442. The van der Waals surface area contributed by atoms with Crippen LogP contribution in [0.25, 0.3) is 34.3 Å². The topological polar surface area (TPSA) is 101 Å². The highest BCUT2D eigenvalue weighted by atomic mass is 32.2. The normalized spacial score (nSPS) is 30.5. The monoisotopic (exact) mass is 715 g/mol. The van der Waals surface area contributed by atoms with Crippen LogP contribution in [0.1, 0.15) is 57.2 Å². The van der Waals surface area contributed by atoms with Crippen molar-refractivity contribution in [2.24, 2.45) is 28.6 Å². The van der Waals surface area contributed by atoms with Crippen LogP contribution in [0.5, 0.6) is 0 Å². The fourth-order valence-electron chi connectivity index (χ4n) is 10.6. The molecule has 0 amide bonds. The molecule has 6 unspecified atom stereocenters. The van der Waals surface area contributed by atoms with Crippen molar-refractivity contribution in [1.29, 1.82) is 0 Å². The quantitative estimate of drug-likeness (QED) is 0.163. The summed E-state index contributed by atoms with van der Waals surface area (Å²) in [7, 11) is 0. The van der Waals surface area contributed by atoms with Crippen LogP contribution in [0, 0.1) is 34.4 Å². The highest BCUT2D eigenvalue weighted by Gasteiger charge is 2.68. The largest absolute Gasteiger partial charge is 0.431 e. The fraction of sp³-hybridized carbons (Fsp3) is 0.372. The van der Waals surface area contributed by atoms with Crippen molar-refractivity contribution in [2.75, 3.05) is 5.75 Å². The zero-order valence-corrected chi connectivity index (χ0v) is 30.2. The number of ketones is 1. The molecule has 9 heteroatoms. The number of carbonyl (C=O) groups is 1. The van der Waals surface area contributed by atoms with Gasteiger partial charge in [0.05, 0.1) is 29.4 Å². The van der Waals surface area contributed by atoms with E-state index in [1.807, 2.05) is 78.5 Å². The van der Waals surface area contributed by atoms with E-state index in [4.69, 9.17) is 14.5 Å². The highest BCUT2D eigenvalue weighted by Crippen LogP contribution is 2.67. The van der Waals surface area contributed by atoms with Gasteiger partial charge in [-0.25, -0.2) is 14.1 Å². The maximum atomic E-state index is 14.2. The third kappa shape index (κ3) is 5.11. The molecule has 0 radical (unpaired) electrons. The van der Waals surface area contributed by atoms with Crippen molar-refractivity contribution in [3.05, 3.63) is 114 Å². The number of aliphatic hydroxyl groups is 2. The van der Waals surface area contributed by atoms with E-state index in [0.29, 0.717) is 29.5 Å². The second-order valence-electron chi connectivity index (χ2n) is 15.7. The molecule has 0 bridgehead atoms. The average Bonchev–Trinajstić information content (AvgIpc) is 3.84. The summed E-state index contributed by atoms with van der Waals surface area (Å²) in [6.07, 6.45) is 7.50. The van der Waals surface area contributed by atoms with E-state index in [0.717, 1.165) is 53.8 Å². The van der Waals surface area contributed by atoms with E-state index in [-0.39, 0.29) is 40.5 Å². The Morgan fingerprint density at radius 2 is 1.71 bits per heavy atom. The summed E-state index contributed by atoms with van der Waals surface area (Å²) >= 11 is 1.22. The summed E-state index contributed by atoms with van der Waals surface area (Å²) in [6.45, 7) is 4.32. The second kappa shape index (κ2) is 12.4. The third-order valence-electron chi connectivity index (χ3n) is 13.1. The molecule has 3 fully saturated rings. The lowest BCUT2D eigenvalue weighted by molar-refractivity contribution is -0.177. The average molecular weight is 716 g/mol. The van der Waals surface area contributed by atoms with Crippen molar-refractivity contribution in [1.82, 2.24) is 14.8 Å². The smallest absolute Gasteiger partial charge is 0.257 e. The van der Waals surface area contributed by atoms with Crippen LogP contribution in [0.15, 0.2) is 106 Å². The maximum absolute atomic E-state index is 14.2. The molecule has 5 aromatic rings. The Labute approximate surface area is 307 Å². The Kier molecular flexibility index (Phi) is 7.99. The number of aliphatic hydroxyl groups excluding tert-OH is 1. The molecule has 7 nitrogen and oxygen atoms in total. The van der Waals surface area contributed by atoms with Crippen molar-refractivity contribution >= 4 is 23.6 Å². The van der Waals surface area contributed by atoms with Gasteiger partial charge >= 0.3 is 0 Å². The van der Waals surface area contributed by atoms with E-state index in [1.165, 1.54) is 29.5 Å². The number of Topliss-reactive ketones (excluding diaryl/α,β-unsaturated/α-hetero) is 1.